The Morgan fingerprint density at radius 3 is 2.46 bits per heavy atom. The second-order valence-electron chi connectivity index (χ2n) is 12.6. The van der Waals surface area contributed by atoms with Crippen LogP contribution in [0.4, 0.5) is 0 Å². The third-order valence-corrected chi connectivity index (χ3v) is 9.66. The Morgan fingerprint density at radius 2 is 1.89 bits per heavy atom. The topological polar surface area (TPSA) is 69.7 Å². The number of carbonyl (C=O) groups is 3. The molecule has 0 aliphatic heterocycles. The van der Waals surface area contributed by atoms with Crippen molar-refractivity contribution >= 4 is 29.8 Å². The number of halogens is 1. The number of aldehydes is 1. The quantitative estimate of drug-likeness (QED) is 0.0818. The van der Waals surface area contributed by atoms with E-state index in [0.717, 1.165) is 44.0 Å². The van der Waals surface area contributed by atoms with E-state index < -0.39 is 35.0 Å². The van der Waals surface area contributed by atoms with Crippen LogP contribution in [0.15, 0.2) is 11.6 Å². The van der Waals surface area contributed by atoms with Gasteiger partial charge >= 0.3 is 11.9 Å². The summed E-state index contributed by atoms with van der Waals surface area (Å²) in [6.45, 7) is 13.4. The van der Waals surface area contributed by atoms with Gasteiger partial charge in [0, 0.05) is 10.8 Å². The Morgan fingerprint density at radius 1 is 1.20 bits per heavy atom. The summed E-state index contributed by atoms with van der Waals surface area (Å²) in [5.41, 5.74) is -1.54. The summed E-state index contributed by atoms with van der Waals surface area (Å²) in [7, 11) is 0. The van der Waals surface area contributed by atoms with Crippen molar-refractivity contribution in [3.8, 4) is 0 Å². The van der Waals surface area contributed by atoms with Gasteiger partial charge in [0.2, 0.25) is 6.79 Å². The van der Waals surface area contributed by atoms with Gasteiger partial charge in [0.05, 0.1) is 5.41 Å². The third kappa shape index (κ3) is 4.83. The lowest BCUT2D eigenvalue weighted by molar-refractivity contribution is -0.184. The summed E-state index contributed by atoms with van der Waals surface area (Å²) in [6.07, 6.45) is 9.71. The molecule has 0 saturated heterocycles. The summed E-state index contributed by atoms with van der Waals surface area (Å²) < 4.78 is 11.0. The van der Waals surface area contributed by atoms with Crippen LogP contribution in [0, 0.1) is 45.8 Å². The van der Waals surface area contributed by atoms with E-state index >= 15 is 0 Å². The van der Waals surface area contributed by atoms with Crippen molar-refractivity contribution in [1.29, 1.82) is 0 Å². The molecule has 7 atom stereocenters. The smallest absolute Gasteiger partial charge is 0.320 e. The zero-order chi connectivity index (χ0) is 26.2. The van der Waals surface area contributed by atoms with E-state index in [4.69, 9.17) is 21.1 Å². The van der Waals surface area contributed by atoms with Crippen molar-refractivity contribution in [2.75, 3.05) is 6.79 Å². The first-order chi connectivity index (χ1) is 16.4. The molecule has 3 aliphatic carbocycles. The Kier molecular flexibility index (Phi) is 8.51. The fourth-order valence-electron chi connectivity index (χ4n) is 7.37. The van der Waals surface area contributed by atoms with Crippen LogP contribution in [0.3, 0.4) is 0 Å². The lowest BCUT2D eigenvalue weighted by Crippen LogP contribution is -2.53. The molecule has 0 heterocycles. The average molecular weight is 509 g/mol. The monoisotopic (exact) mass is 508 g/mol. The molecule has 2 fully saturated rings. The largest absolute Gasteiger partial charge is 0.427 e. The Balaban J connectivity index is 1.97. The lowest BCUT2D eigenvalue weighted by atomic mass is 9.52. The maximum atomic E-state index is 14.0. The van der Waals surface area contributed by atoms with Crippen LogP contribution in [-0.4, -0.2) is 30.4 Å². The number of ether oxygens (including phenoxy) is 2. The molecular weight excluding hydrogens is 464 g/mol. The second kappa shape index (κ2) is 10.6. The Labute approximate surface area is 216 Å². The first-order valence-corrected chi connectivity index (χ1v) is 14.0. The van der Waals surface area contributed by atoms with E-state index in [0.29, 0.717) is 24.7 Å². The highest BCUT2D eigenvalue weighted by Gasteiger charge is 2.72. The average Bonchev–Trinajstić information content (AvgIpc) is 3.43. The minimum Gasteiger partial charge on any atom is -0.427 e. The molecular formula is C29H45ClO5. The van der Waals surface area contributed by atoms with Crippen LogP contribution < -0.4 is 0 Å². The first-order valence-electron chi connectivity index (χ1n) is 13.5. The summed E-state index contributed by atoms with van der Waals surface area (Å²) in [4.78, 5) is 39.4. The molecule has 0 aromatic rings. The third-order valence-electron chi connectivity index (χ3n) is 9.09. The van der Waals surface area contributed by atoms with E-state index in [9.17, 15) is 14.4 Å². The van der Waals surface area contributed by atoms with Gasteiger partial charge in [0.25, 0.3) is 0 Å². The number of hydrogen-bond acceptors (Lipinski definition) is 5. The van der Waals surface area contributed by atoms with Crippen molar-refractivity contribution in [2.45, 2.75) is 98.8 Å². The molecule has 2 bridgehead atoms. The lowest BCUT2D eigenvalue weighted by Gasteiger charge is -2.49. The molecule has 5 unspecified atom stereocenters. The molecule has 2 saturated carbocycles. The molecule has 198 valence electrons. The Hall–Kier alpha value is -1.36. The van der Waals surface area contributed by atoms with Crippen LogP contribution in [-0.2, 0) is 23.9 Å². The van der Waals surface area contributed by atoms with Crippen molar-refractivity contribution in [1.82, 2.24) is 0 Å². The molecule has 0 amide bonds. The minimum absolute atomic E-state index is 0.00475. The summed E-state index contributed by atoms with van der Waals surface area (Å²) >= 11 is 6.85. The highest BCUT2D eigenvalue weighted by Crippen LogP contribution is 2.71. The van der Waals surface area contributed by atoms with Gasteiger partial charge in [0.1, 0.15) is 11.7 Å². The van der Waals surface area contributed by atoms with Gasteiger partial charge in [-0.1, -0.05) is 58.6 Å². The molecule has 0 spiro atoms. The van der Waals surface area contributed by atoms with Crippen molar-refractivity contribution in [3.63, 3.8) is 0 Å². The van der Waals surface area contributed by atoms with E-state index in [2.05, 4.69) is 33.8 Å². The van der Waals surface area contributed by atoms with Gasteiger partial charge in [-0.2, -0.15) is 0 Å². The maximum Gasteiger partial charge on any atom is 0.320 e. The fraction of sp³-hybridized carbons (Fsp3) is 0.828. The zero-order valence-electron chi connectivity index (χ0n) is 22.7. The van der Waals surface area contributed by atoms with E-state index in [1.54, 1.807) is 20.8 Å². The molecule has 6 heteroatoms. The molecule has 3 aliphatic rings. The number of rotatable bonds is 10. The van der Waals surface area contributed by atoms with Gasteiger partial charge in [-0.3, -0.25) is 9.59 Å². The van der Waals surface area contributed by atoms with Crippen LogP contribution in [0.1, 0.15) is 93.4 Å². The van der Waals surface area contributed by atoms with Crippen LogP contribution in [0.2, 0.25) is 0 Å². The Bertz CT molecular complexity index is 843. The molecule has 5 nitrogen and oxygen atoms in total. The van der Waals surface area contributed by atoms with Crippen LogP contribution in [0.25, 0.3) is 0 Å². The zero-order valence-corrected chi connectivity index (χ0v) is 23.5. The minimum atomic E-state index is -1.02. The first kappa shape index (κ1) is 28.2. The van der Waals surface area contributed by atoms with Crippen molar-refractivity contribution < 1.29 is 23.9 Å². The predicted octanol–water partition coefficient (Wildman–Crippen LogP) is 6.71. The maximum absolute atomic E-state index is 14.0. The highest BCUT2D eigenvalue weighted by molar-refractivity contribution is 6.21. The summed E-state index contributed by atoms with van der Waals surface area (Å²) in [6, 6.07) is 0. The number of carbonyl (C=O) groups excluding carboxylic acids is 3. The molecule has 0 aromatic heterocycles. The number of fused-ring (bicyclic) bond motifs is 2. The van der Waals surface area contributed by atoms with Crippen LogP contribution in [0.5, 0.6) is 0 Å². The van der Waals surface area contributed by atoms with E-state index in [1.807, 2.05) is 0 Å². The number of unbranched alkanes of at least 4 members (excludes halogenated alkanes) is 2. The fourth-order valence-corrected chi connectivity index (χ4v) is 7.75. The van der Waals surface area contributed by atoms with Crippen molar-refractivity contribution in [3.05, 3.63) is 11.6 Å². The predicted molar refractivity (Wildman–Crippen MR) is 138 cm³/mol. The summed E-state index contributed by atoms with van der Waals surface area (Å²) in [5.74, 6) is 0.0463. The second-order valence-corrected chi connectivity index (χ2v) is 13.2. The number of allylic oxidation sites excluding steroid dienone is 1. The van der Waals surface area contributed by atoms with Gasteiger partial charge in [-0.05, 0) is 76.0 Å². The number of esters is 2. The van der Waals surface area contributed by atoms with E-state index in [1.165, 1.54) is 0 Å². The summed E-state index contributed by atoms with van der Waals surface area (Å²) in [5, 5.41) is -0.00475. The number of hydrogen-bond donors (Lipinski definition) is 0. The van der Waals surface area contributed by atoms with Gasteiger partial charge < -0.3 is 14.3 Å². The molecule has 35 heavy (non-hydrogen) atoms. The molecule has 0 aromatic carbocycles. The van der Waals surface area contributed by atoms with Crippen LogP contribution >= 0.6 is 11.6 Å². The molecule has 0 N–H and O–H groups in total. The number of alkyl halides is 1. The normalized spacial score (nSPS) is 36.4. The highest BCUT2D eigenvalue weighted by atomic mass is 35.5. The van der Waals surface area contributed by atoms with Gasteiger partial charge in [-0.25, -0.2) is 0 Å². The SMILES string of the molecule is CCCCCC1C(C)C(Cl)CC1[C@@]1(C=O)CC2C=C(C(C)C)[C@@]1(C(=O)OCOC(=O)C(C)(C)C)C2. The molecule has 3 rings (SSSR count). The van der Waals surface area contributed by atoms with Gasteiger partial charge in [0.15, 0.2) is 0 Å². The van der Waals surface area contributed by atoms with Gasteiger partial charge in [-0.15, -0.1) is 11.6 Å². The molecule has 0 radical (unpaired) electrons. The van der Waals surface area contributed by atoms with Crippen molar-refractivity contribution in [2.24, 2.45) is 45.8 Å². The standard InChI is InChI=1S/C29H45ClO5/c1-8-9-10-11-21-19(4)24(30)13-23(21)28(16-31)14-20-12-22(18(2)3)29(28,15-20)26(33)35-17-34-25(32)27(5,6)7/h12,16,18-21,23-24H,8-11,13-15,17H2,1-7H3/t19?,20?,21?,23?,24?,28-,29+/m0/s1. The van der Waals surface area contributed by atoms with E-state index in [-0.39, 0.29) is 23.1 Å².